The average Bonchev–Trinajstić information content (AvgIpc) is 3.44. The Kier molecular flexibility index (Phi) is 7.12. The van der Waals surface area contributed by atoms with E-state index in [4.69, 9.17) is 31.8 Å². The first-order valence-electron chi connectivity index (χ1n) is 12.8. The van der Waals surface area contributed by atoms with E-state index in [1.165, 1.54) is 11.8 Å². The SMILES string of the molecule is Cc1nc(N2CCC3(CC2)CO[C@@H](C)[C@H]3NC(=O)OC(C)(C)C)c2ccnn2c1Sc1ccnc(N)c1Cl. The Hall–Kier alpha value is -2.76. The fourth-order valence-electron chi connectivity index (χ4n) is 5.33. The van der Waals surface area contributed by atoms with Crippen molar-refractivity contribution in [2.75, 3.05) is 30.3 Å². The minimum atomic E-state index is -0.552. The molecule has 12 heteroatoms. The van der Waals surface area contributed by atoms with Gasteiger partial charge in [-0.05, 0) is 59.6 Å². The Balaban J connectivity index is 1.36. The number of carbonyl (C=O) groups excluding carboxylic acids is 1. The number of anilines is 2. The van der Waals surface area contributed by atoms with E-state index in [9.17, 15) is 4.79 Å². The van der Waals surface area contributed by atoms with Gasteiger partial charge in [-0.2, -0.15) is 5.10 Å². The number of hydrogen-bond acceptors (Lipinski definition) is 9. The highest BCUT2D eigenvalue weighted by Crippen LogP contribution is 2.44. The normalized spacial score (nSPS) is 21.3. The number of carbonyl (C=O) groups is 1. The third-order valence-electron chi connectivity index (χ3n) is 7.23. The predicted octanol–water partition coefficient (Wildman–Crippen LogP) is 4.72. The fraction of sp³-hybridized carbons (Fsp3) is 0.538. The van der Waals surface area contributed by atoms with Crippen molar-refractivity contribution in [1.82, 2.24) is 24.9 Å². The molecule has 3 N–H and O–H groups in total. The van der Waals surface area contributed by atoms with Crippen LogP contribution in [0.3, 0.4) is 0 Å². The minimum Gasteiger partial charge on any atom is -0.444 e. The highest BCUT2D eigenvalue weighted by atomic mass is 35.5. The minimum absolute atomic E-state index is 0.0821. The Bertz CT molecular complexity index is 1350. The number of halogens is 1. The Labute approximate surface area is 231 Å². The summed E-state index contributed by atoms with van der Waals surface area (Å²) in [7, 11) is 0. The second-order valence-electron chi connectivity index (χ2n) is 11.1. The summed E-state index contributed by atoms with van der Waals surface area (Å²) in [6.07, 6.45) is 4.67. The lowest BCUT2D eigenvalue weighted by Crippen LogP contribution is -2.55. The lowest BCUT2D eigenvalue weighted by molar-refractivity contribution is 0.0434. The molecule has 2 atom stereocenters. The highest BCUT2D eigenvalue weighted by molar-refractivity contribution is 7.99. The molecule has 10 nitrogen and oxygen atoms in total. The van der Waals surface area contributed by atoms with E-state index < -0.39 is 11.7 Å². The number of pyridine rings is 1. The molecule has 5 rings (SSSR count). The van der Waals surface area contributed by atoms with Gasteiger partial charge in [0.15, 0.2) is 5.82 Å². The quantitative estimate of drug-likeness (QED) is 0.468. The molecule has 1 spiro atoms. The van der Waals surface area contributed by atoms with E-state index in [0.717, 1.165) is 52.9 Å². The van der Waals surface area contributed by atoms with Crippen molar-refractivity contribution in [2.24, 2.45) is 5.41 Å². The Morgan fingerprint density at radius 2 is 2.03 bits per heavy atom. The summed E-state index contributed by atoms with van der Waals surface area (Å²) in [6, 6.07) is 3.70. The van der Waals surface area contributed by atoms with Crippen LogP contribution >= 0.6 is 23.4 Å². The Morgan fingerprint density at radius 3 is 2.74 bits per heavy atom. The number of rotatable bonds is 4. The summed E-state index contributed by atoms with van der Waals surface area (Å²) in [4.78, 5) is 24.8. The molecule has 3 aromatic heterocycles. The molecule has 0 aromatic carbocycles. The van der Waals surface area contributed by atoms with Crippen molar-refractivity contribution in [3.05, 3.63) is 35.2 Å². The number of aryl methyl sites for hydroxylation is 1. The van der Waals surface area contributed by atoms with Crippen molar-refractivity contribution in [1.29, 1.82) is 0 Å². The number of nitrogens with one attached hydrogen (secondary N) is 1. The van der Waals surface area contributed by atoms with Gasteiger partial charge in [-0.3, -0.25) is 0 Å². The summed E-state index contributed by atoms with van der Waals surface area (Å²) in [5.74, 6) is 1.19. The van der Waals surface area contributed by atoms with Crippen LogP contribution in [-0.4, -0.2) is 63.1 Å². The summed E-state index contributed by atoms with van der Waals surface area (Å²) in [5.41, 5.74) is 6.97. The number of hydrogen-bond donors (Lipinski definition) is 2. The van der Waals surface area contributed by atoms with Crippen LogP contribution in [0.5, 0.6) is 0 Å². The number of piperidine rings is 1. The first-order valence-corrected chi connectivity index (χ1v) is 14.0. The first kappa shape index (κ1) is 26.8. The van der Waals surface area contributed by atoms with Gasteiger partial charge in [0.05, 0.1) is 35.7 Å². The zero-order chi connectivity index (χ0) is 27.2. The van der Waals surface area contributed by atoms with Crippen molar-refractivity contribution >= 4 is 46.6 Å². The molecule has 0 unspecified atom stereocenters. The lowest BCUT2D eigenvalue weighted by Gasteiger charge is -2.43. The molecule has 3 aromatic rings. The van der Waals surface area contributed by atoms with Crippen LogP contribution in [0.4, 0.5) is 16.4 Å². The van der Waals surface area contributed by atoms with Crippen LogP contribution < -0.4 is 16.0 Å². The van der Waals surface area contributed by atoms with E-state index in [-0.39, 0.29) is 17.6 Å². The second kappa shape index (κ2) is 10.1. The van der Waals surface area contributed by atoms with Gasteiger partial charge in [0.25, 0.3) is 0 Å². The number of alkyl carbamates (subject to hydrolysis) is 1. The van der Waals surface area contributed by atoms with Gasteiger partial charge < -0.3 is 25.4 Å². The van der Waals surface area contributed by atoms with E-state index in [1.54, 1.807) is 12.4 Å². The maximum atomic E-state index is 12.6. The van der Waals surface area contributed by atoms with Gasteiger partial charge in [0.1, 0.15) is 22.0 Å². The molecule has 1 amide bonds. The van der Waals surface area contributed by atoms with Gasteiger partial charge in [-0.1, -0.05) is 23.4 Å². The smallest absolute Gasteiger partial charge is 0.407 e. The Morgan fingerprint density at radius 1 is 1.29 bits per heavy atom. The zero-order valence-corrected chi connectivity index (χ0v) is 23.9. The third-order valence-corrected chi connectivity index (χ3v) is 8.96. The number of amides is 1. The summed E-state index contributed by atoms with van der Waals surface area (Å²) < 4.78 is 13.5. The largest absolute Gasteiger partial charge is 0.444 e. The van der Waals surface area contributed by atoms with E-state index in [2.05, 4.69) is 20.3 Å². The number of fused-ring (bicyclic) bond motifs is 1. The fourth-order valence-corrected chi connectivity index (χ4v) is 6.52. The summed E-state index contributed by atoms with van der Waals surface area (Å²) in [5, 5.41) is 9.00. The number of nitrogen functional groups attached to an aromatic ring is 1. The van der Waals surface area contributed by atoms with Gasteiger partial charge in [0, 0.05) is 29.6 Å². The van der Waals surface area contributed by atoms with Crippen LogP contribution in [0.1, 0.15) is 46.2 Å². The summed E-state index contributed by atoms with van der Waals surface area (Å²) in [6.45, 7) is 11.8. The molecular weight excluding hydrogens is 526 g/mol. The average molecular weight is 560 g/mol. The number of nitrogens with zero attached hydrogens (tertiary/aromatic N) is 5. The molecule has 2 aliphatic heterocycles. The highest BCUT2D eigenvalue weighted by Gasteiger charge is 2.50. The van der Waals surface area contributed by atoms with E-state index >= 15 is 0 Å². The zero-order valence-electron chi connectivity index (χ0n) is 22.3. The van der Waals surface area contributed by atoms with Gasteiger partial charge in [-0.25, -0.2) is 19.3 Å². The molecular formula is C26H34ClN7O3S. The number of aromatic nitrogens is 4. The van der Waals surface area contributed by atoms with Crippen LogP contribution in [0.2, 0.25) is 5.02 Å². The third kappa shape index (κ3) is 5.11. The summed E-state index contributed by atoms with van der Waals surface area (Å²) >= 11 is 7.88. The van der Waals surface area contributed by atoms with Crippen LogP contribution in [0, 0.1) is 12.3 Å². The van der Waals surface area contributed by atoms with Gasteiger partial charge in [-0.15, -0.1) is 0 Å². The van der Waals surface area contributed by atoms with Gasteiger partial charge >= 0.3 is 6.09 Å². The molecule has 38 heavy (non-hydrogen) atoms. The van der Waals surface area contributed by atoms with Crippen molar-refractivity contribution < 1.29 is 14.3 Å². The standard InChI is InChI=1S/C26H34ClN7O3S/c1-15-23(38-18-7-10-29-21(28)19(18)27)34-17(6-11-30-34)22(31-15)33-12-8-26(9-13-33)14-36-16(2)20(26)32-24(35)37-25(3,4)5/h6-7,10-11,16,20H,8-9,12-14H2,1-5H3,(H2,28,29)(H,32,35)/t16-,20+/m0/s1. The van der Waals surface area contributed by atoms with Crippen LogP contribution in [0.15, 0.2) is 34.4 Å². The van der Waals surface area contributed by atoms with E-state index in [0.29, 0.717) is 17.4 Å². The molecule has 2 fully saturated rings. The molecule has 204 valence electrons. The number of nitrogens with two attached hydrogens (primary N) is 1. The van der Waals surface area contributed by atoms with Crippen molar-refractivity contribution in [2.45, 2.75) is 75.1 Å². The second-order valence-corrected chi connectivity index (χ2v) is 12.5. The number of ether oxygens (including phenoxy) is 2. The van der Waals surface area contributed by atoms with E-state index in [1.807, 2.05) is 51.3 Å². The van der Waals surface area contributed by atoms with Crippen molar-refractivity contribution in [3.8, 4) is 0 Å². The molecule has 2 saturated heterocycles. The monoisotopic (exact) mass is 559 g/mol. The predicted molar refractivity (Wildman–Crippen MR) is 148 cm³/mol. The molecule has 2 aliphatic rings. The molecule has 0 aliphatic carbocycles. The lowest BCUT2D eigenvalue weighted by atomic mass is 9.73. The van der Waals surface area contributed by atoms with Crippen LogP contribution in [0.25, 0.3) is 5.52 Å². The topological polar surface area (TPSA) is 120 Å². The maximum absolute atomic E-state index is 12.6. The van der Waals surface area contributed by atoms with Crippen LogP contribution in [-0.2, 0) is 9.47 Å². The maximum Gasteiger partial charge on any atom is 0.407 e. The molecule has 5 heterocycles. The molecule has 0 radical (unpaired) electrons. The molecule has 0 bridgehead atoms. The van der Waals surface area contributed by atoms with Gasteiger partial charge in [0.2, 0.25) is 0 Å². The molecule has 0 saturated carbocycles. The van der Waals surface area contributed by atoms with Crippen molar-refractivity contribution in [3.63, 3.8) is 0 Å². The first-order chi connectivity index (χ1) is 18.0.